The molecule has 2 aliphatic heterocycles. The first-order valence-electron chi connectivity index (χ1n) is 9.65. The lowest BCUT2D eigenvalue weighted by atomic mass is 9.92. The van der Waals surface area contributed by atoms with Crippen molar-refractivity contribution in [2.45, 2.75) is 82.9 Å². The van der Waals surface area contributed by atoms with Gasteiger partial charge in [0.15, 0.2) is 5.79 Å². The molecular weight excluding hydrogens is 408 g/mol. The van der Waals surface area contributed by atoms with Crippen LogP contribution in [0.25, 0.3) is 0 Å². The molecule has 0 aromatic heterocycles. The fourth-order valence-electron chi connectivity index (χ4n) is 3.17. The maximum atomic E-state index is 12.1. The van der Waals surface area contributed by atoms with Crippen LogP contribution >= 0.6 is 21.6 Å². The normalized spacial score (nSPS) is 35.2. The number of carbonyl (C=O) groups is 1. The number of carboxylic acids is 1. The first kappa shape index (κ1) is 24.2. The summed E-state index contributed by atoms with van der Waals surface area (Å²) < 4.78 is 28.8. The van der Waals surface area contributed by atoms with Crippen molar-refractivity contribution in [1.82, 2.24) is 0 Å². The van der Waals surface area contributed by atoms with Gasteiger partial charge in [0.25, 0.3) is 5.79 Å². The summed E-state index contributed by atoms with van der Waals surface area (Å²) in [5.74, 6) is -2.96. The second-order valence-corrected chi connectivity index (χ2v) is 9.95. The van der Waals surface area contributed by atoms with Crippen LogP contribution in [0.15, 0.2) is 0 Å². The van der Waals surface area contributed by atoms with Crippen molar-refractivity contribution in [3.63, 3.8) is 0 Å². The summed E-state index contributed by atoms with van der Waals surface area (Å²) >= 11 is 0. The second kappa shape index (κ2) is 10.8. The number of ether oxygens (including phenoxy) is 5. The van der Waals surface area contributed by atoms with Gasteiger partial charge in [-0.3, -0.25) is 0 Å². The lowest BCUT2D eigenvalue weighted by Crippen LogP contribution is -2.63. The summed E-state index contributed by atoms with van der Waals surface area (Å²) in [6, 6.07) is 0. The Kier molecular flexibility index (Phi) is 9.34. The van der Waals surface area contributed by atoms with Gasteiger partial charge in [-0.05, 0) is 20.3 Å². The molecule has 2 aliphatic rings. The molecule has 10 heteroatoms. The Balaban J connectivity index is 2.19. The Morgan fingerprint density at radius 1 is 1.25 bits per heavy atom. The molecule has 0 aromatic carbocycles. The van der Waals surface area contributed by atoms with E-state index in [0.29, 0.717) is 6.61 Å². The minimum atomic E-state index is -1.90. The zero-order chi connectivity index (χ0) is 20.8. The zero-order valence-electron chi connectivity index (χ0n) is 16.9. The maximum Gasteiger partial charge on any atom is 0.364 e. The summed E-state index contributed by atoms with van der Waals surface area (Å²) in [5.41, 5.74) is 0. The summed E-state index contributed by atoms with van der Waals surface area (Å²) in [6.45, 7) is 8.17. The van der Waals surface area contributed by atoms with E-state index in [1.807, 2.05) is 13.8 Å². The van der Waals surface area contributed by atoms with Gasteiger partial charge in [0, 0.05) is 18.8 Å². The molecule has 2 fully saturated rings. The molecule has 28 heavy (non-hydrogen) atoms. The van der Waals surface area contributed by atoms with Crippen LogP contribution in [0.1, 0.15) is 47.0 Å². The molecule has 5 atom stereocenters. The summed E-state index contributed by atoms with van der Waals surface area (Å²) in [4.78, 5) is 12.1. The van der Waals surface area contributed by atoms with Gasteiger partial charge in [-0.2, -0.15) is 0 Å². The topological polar surface area (TPSA) is 104 Å². The van der Waals surface area contributed by atoms with Gasteiger partial charge >= 0.3 is 5.97 Å². The van der Waals surface area contributed by atoms with E-state index in [2.05, 4.69) is 0 Å². The van der Waals surface area contributed by atoms with Gasteiger partial charge in [-0.1, -0.05) is 41.9 Å². The minimum Gasteiger partial charge on any atom is -0.477 e. The van der Waals surface area contributed by atoms with Crippen LogP contribution in [0.2, 0.25) is 0 Å². The van der Waals surface area contributed by atoms with Crippen LogP contribution in [0.4, 0.5) is 0 Å². The lowest BCUT2D eigenvalue weighted by molar-refractivity contribution is -0.323. The van der Waals surface area contributed by atoms with Crippen molar-refractivity contribution in [2.75, 3.05) is 24.9 Å². The molecule has 0 radical (unpaired) electrons. The maximum absolute atomic E-state index is 12.1. The van der Waals surface area contributed by atoms with E-state index in [9.17, 15) is 15.0 Å². The third-order valence-corrected chi connectivity index (χ3v) is 6.72. The molecule has 2 N–H and O–H groups in total. The van der Waals surface area contributed by atoms with E-state index in [4.69, 9.17) is 23.7 Å². The van der Waals surface area contributed by atoms with Crippen LogP contribution in [-0.4, -0.2) is 77.1 Å². The molecule has 8 nitrogen and oxygen atoms in total. The Hall–Kier alpha value is -0.0700. The lowest BCUT2D eigenvalue weighted by Gasteiger charge is -2.45. The van der Waals surface area contributed by atoms with E-state index in [1.54, 1.807) is 24.6 Å². The highest BCUT2D eigenvalue weighted by molar-refractivity contribution is 8.76. The zero-order valence-corrected chi connectivity index (χ0v) is 18.6. The van der Waals surface area contributed by atoms with Crippen molar-refractivity contribution in [3.05, 3.63) is 0 Å². The number of rotatable bonds is 11. The van der Waals surface area contributed by atoms with E-state index < -0.39 is 42.0 Å². The van der Waals surface area contributed by atoms with Crippen LogP contribution in [0.5, 0.6) is 0 Å². The van der Waals surface area contributed by atoms with Gasteiger partial charge in [0.05, 0.1) is 12.7 Å². The van der Waals surface area contributed by atoms with E-state index in [-0.39, 0.29) is 19.0 Å². The van der Waals surface area contributed by atoms with Gasteiger partial charge in [0.2, 0.25) is 0 Å². The first-order valence-corrected chi connectivity index (χ1v) is 12.1. The summed E-state index contributed by atoms with van der Waals surface area (Å²) in [6.07, 6.45) is -1.70. The summed E-state index contributed by atoms with van der Waals surface area (Å²) in [5, 5.41) is 20.7. The Morgan fingerprint density at radius 2 is 2.00 bits per heavy atom. The molecule has 2 saturated heterocycles. The van der Waals surface area contributed by atoms with Crippen molar-refractivity contribution < 1.29 is 38.7 Å². The van der Waals surface area contributed by atoms with Crippen LogP contribution in [0, 0.1) is 0 Å². The standard InChI is InChI=1S/C18H32O8S2/c1-5-7-8-22-12-9-18(16(20)21,24-11-28-27-6-2)26-15(14(12)19)13-10-23-17(3,4)25-13/h12-15,19H,5-11H2,1-4H3,(H,20,21)/t12-,13-,14-,15?,18-/m1/s1. The Bertz CT molecular complexity index is 506. The predicted molar refractivity (Wildman–Crippen MR) is 107 cm³/mol. The number of unbranched alkanes of at least 4 members (excludes halogenated alkanes) is 1. The third-order valence-electron chi connectivity index (χ3n) is 4.61. The molecular formula is C18H32O8S2. The number of hydrogen-bond acceptors (Lipinski definition) is 9. The predicted octanol–water partition coefficient (Wildman–Crippen LogP) is 2.63. The average Bonchev–Trinajstić information content (AvgIpc) is 3.00. The van der Waals surface area contributed by atoms with Crippen molar-refractivity contribution >= 4 is 27.6 Å². The van der Waals surface area contributed by atoms with Crippen molar-refractivity contribution in [3.8, 4) is 0 Å². The van der Waals surface area contributed by atoms with Gasteiger partial charge in [-0.25, -0.2) is 4.79 Å². The minimum absolute atomic E-state index is 0.0992. The number of aliphatic hydroxyl groups is 1. The molecule has 0 amide bonds. The fourth-order valence-corrected chi connectivity index (χ4v) is 4.50. The number of aliphatic carboxylic acids is 1. The Labute approximate surface area is 174 Å². The highest BCUT2D eigenvalue weighted by Gasteiger charge is 2.57. The molecule has 0 aromatic rings. The number of carboxylic acid groups (broad SMARTS) is 1. The molecule has 2 heterocycles. The molecule has 0 bridgehead atoms. The first-order chi connectivity index (χ1) is 13.2. The molecule has 2 rings (SSSR count). The monoisotopic (exact) mass is 440 g/mol. The highest BCUT2D eigenvalue weighted by Crippen LogP contribution is 2.38. The van der Waals surface area contributed by atoms with Crippen LogP contribution in [-0.2, 0) is 28.5 Å². The van der Waals surface area contributed by atoms with Gasteiger partial charge < -0.3 is 33.9 Å². The fraction of sp³-hybridized carbons (Fsp3) is 0.944. The Morgan fingerprint density at radius 3 is 2.57 bits per heavy atom. The number of hydrogen-bond donors (Lipinski definition) is 2. The van der Waals surface area contributed by atoms with Crippen LogP contribution in [0.3, 0.4) is 0 Å². The molecule has 0 spiro atoms. The van der Waals surface area contributed by atoms with E-state index in [1.165, 1.54) is 10.8 Å². The van der Waals surface area contributed by atoms with Crippen molar-refractivity contribution in [2.24, 2.45) is 0 Å². The van der Waals surface area contributed by atoms with Gasteiger partial charge in [-0.15, -0.1) is 0 Å². The summed E-state index contributed by atoms with van der Waals surface area (Å²) in [7, 11) is 2.98. The number of aliphatic hydroxyl groups excluding tert-OH is 1. The molecule has 164 valence electrons. The second-order valence-electron chi connectivity index (χ2n) is 7.25. The molecule has 0 saturated carbocycles. The highest BCUT2D eigenvalue weighted by atomic mass is 33.1. The van der Waals surface area contributed by atoms with Crippen LogP contribution < -0.4 is 0 Å². The van der Waals surface area contributed by atoms with E-state index >= 15 is 0 Å². The quantitative estimate of drug-likeness (QED) is 0.283. The third kappa shape index (κ3) is 6.21. The largest absolute Gasteiger partial charge is 0.477 e. The van der Waals surface area contributed by atoms with Gasteiger partial charge in [0.1, 0.15) is 24.3 Å². The van der Waals surface area contributed by atoms with Crippen molar-refractivity contribution in [1.29, 1.82) is 0 Å². The molecule has 0 aliphatic carbocycles. The SMILES string of the molecule is CCCCO[C@@H]1C[C@](OCSSCC)(C(=O)O)OC([C@H]2COC(C)(C)O2)[C@@H]1O. The van der Waals surface area contributed by atoms with E-state index in [0.717, 1.165) is 18.6 Å². The average molecular weight is 441 g/mol. The smallest absolute Gasteiger partial charge is 0.364 e. The molecule has 1 unspecified atom stereocenters.